The predicted molar refractivity (Wildman–Crippen MR) is 71.0 cm³/mol. The fourth-order valence-corrected chi connectivity index (χ4v) is 2.21. The van der Waals surface area contributed by atoms with Gasteiger partial charge in [0, 0.05) is 24.9 Å². The normalized spacial score (nSPS) is 18.4. The molecule has 98 valence electrons. The fraction of sp³-hybridized carbons (Fsp3) is 0.846. The molecule has 0 aromatic carbocycles. The number of carbonyl (C=O) groups is 1. The minimum atomic E-state index is 0.0557. The lowest BCUT2D eigenvalue weighted by Gasteiger charge is -2.20. The highest BCUT2D eigenvalue weighted by Gasteiger charge is 2.16. The molecule has 1 saturated carbocycles. The number of rotatable bonds is 5. The van der Waals surface area contributed by atoms with Gasteiger partial charge in [0.1, 0.15) is 0 Å². The summed E-state index contributed by atoms with van der Waals surface area (Å²) in [4.78, 5) is 15.7. The first-order valence-electron chi connectivity index (χ1n) is 6.68. The van der Waals surface area contributed by atoms with Crippen LogP contribution in [0.1, 0.15) is 52.4 Å². The van der Waals surface area contributed by atoms with Crippen molar-refractivity contribution in [1.29, 1.82) is 0 Å². The lowest BCUT2D eigenvalue weighted by atomic mass is 9.88. The molecule has 0 saturated heterocycles. The molecule has 0 aliphatic heterocycles. The van der Waals surface area contributed by atoms with Crippen LogP contribution >= 0.6 is 0 Å². The van der Waals surface area contributed by atoms with Gasteiger partial charge < -0.3 is 11.1 Å². The summed E-state index contributed by atoms with van der Waals surface area (Å²) in [7, 11) is 0. The molecule has 0 spiro atoms. The second-order valence-electron chi connectivity index (χ2n) is 5.11. The van der Waals surface area contributed by atoms with E-state index < -0.39 is 0 Å². The first kappa shape index (κ1) is 14.0. The lowest BCUT2D eigenvalue weighted by molar-refractivity contribution is -0.121. The van der Waals surface area contributed by atoms with Gasteiger partial charge in [0.15, 0.2) is 0 Å². The number of nitrogens with zero attached hydrogens (tertiary/aromatic N) is 1. The Morgan fingerprint density at radius 1 is 1.35 bits per heavy atom. The van der Waals surface area contributed by atoms with Crippen molar-refractivity contribution in [3.8, 4) is 0 Å². The summed E-state index contributed by atoms with van der Waals surface area (Å²) in [5.74, 6) is 1.26. The summed E-state index contributed by atoms with van der Waals surface area (Å²) in [6.45, 7) is 4.43. The van der Waals surface area contributed by atoms with Gasteiger partial charge in [-0.2, -0.15) is 0 Å². The average molecular weight is 239 g/mol. The van der Waals surface area contributed by atoms with Crippen molar-refractivity contribution in [3.05, 3.63) is 0 Å². The summed E-state index contributed by atoms with van der Waals surface area (Å²) in [6, 6.07) is 0.196. The van der Waals surface area contributed by atoms with E-state index in [0.717, 1.165) is 18.7 Å². The zero-order chi connectivity index (χ0) is 12.7. The number of amides is 1. The molecule has 0 aromatic rings. The molecule has 4 nitrogen and oxygen atoms in total. The van der Waals surface area contributed by atoms with E-state index in [-0.39, 0.29) is 11.9 Å². The molecule has 1 amide bonds. The molecule has 1 aliphatic carbocycles. The van der Waals surface area contributed by atoms with Gasteiger partial charge >= 0.3 is 0 Å². The first-order valence-corrected chi connectivity index (χ1v) is 6.68. The Kier molecular flexibility index (Phi) is 6.01. The van der Waals surface area contributed by atoms with Gasteiger partial charge in [0.2, 0.25) is 5.91 Å². The second kappa shape index (κ2) is 7.30. The fourth-order valence-electron chi connectivity index (χ4n) is 2.21. The van der Waals surface area contributed by atoms with Gasteiger partial charge in [-0.05, 0) is 26.7 Å². The van der Waals surface area contributed by atoms with Crippen LogP contribution in [0.15, 0.2) is 4.99 Å². The standard InChI is InChI=1S/C13H25N3O/c1-10(2)16-12(17)8-9-15-13(14)11-6-4-3-5-7-11/h10-11H,3-9H2,1-2H3,(H2,14,15)(H,16,17). The van der Waals surface area contributed by atoms with Gasteiger partial charge in [-0.25, -0.2) is 0 Å². The minimum Gasteiger partial charge on any atom is -0.387 e. The Hall–Kier alpha value is -1.06. The first-order chi connectivity index (χ1) is 8.09. The summed E-state index contributed by atoms with van der Waals surface area (Å²) in [5.41, 5.74) is 5.95. The molecule has 4 heteroatoms. The monoisotopic (exact) mass is 239 g/mol. The number of aliphatic imine (C=N–C) groups is 1. The third kappa shape index (κ3) is 5.71. The Bertz CT molecular complexity index is 268. The number of carbonyl (C=O) groups excluding carboxylic acids is 1. The highest BCUT2D eigenvalue weighted by molar-refractivity contribution is 5.83. The smallest absolute Gasteiger partial charge is 0.222 e. The Morgan fingerprint density at radius 2 is 2.00 bits per heavy atom. The van der Waals surface area contributed by atoms with E-state index in [9.17, 15) is 4.79 Å². The van der Waals surface area contributed by atoms with Gasteiger partial charge in [0.25, 0.3) is 0 Å². The lowest BCUT2D eigenvalue weighted by Crippen LogP contribution is -2.31. The van der Waals surface area contributed by atoms with E-state index in [1.54, 1.807) is 0 Å². The van der Waals surface area contributed by atoms with Crippen LogP contribution in [0.5, 0.6) is 0 Å². The molecule has 0 aromatic heterocycles. The Balaban J connectivity index is 2.25. The highest BCUT2D eigenvalue weighted by atomic mass is 16.1. The van der Waals surface area contributed by atoms with Gasteiger partial charge in [-0.1, -0.05) is 19.3 Å². The van der Waals surface area contributed by atoms with Crippen molar-refractivity contribution < 1.29 is 4.79 Å². The van der Waals surface area contributed by atoms with E-state index in [1.807, 2.05) is 13.8 Å². The minimum absolute atomic E-state index is 0.0557. The molecule has 0 atom stereocenters. The molecule has 1 fully saturated rings. The summed E-state index contributed by atoms with van der Waals surface area (Å²) < 4.78 is 0. The maximum absolute atomic E-state index is 11.4. The Morgan fingerprint density at radius 3 is 2.59 bits per heavy atom. The summed E-state index contributed by atoms with van der Waals surface area (Å²) in [5, 5.41) is 2.85. The number of hydrogen-bond donors (Lipinski definition) is 2. The van der Waals surface area contributed by atoms with E-state index in [1.165, 1.54) is 19.3 Å². The van der Waals surface area contributed by atoms with Crippen LogP contribution in [0.25, 0.3) is 0 Å². The van der Waals surface area contributed by atoms with Crippen molar-refractivity contribution in [2.75, 3.05) is 6.54 Å². The largest absolute Gasteiger partial charge is 0.387 e. The Labute approximate surface area is 104 Å². The van der Waals surface area contributed by atoms with Crippen molar-refractivity contribution in [1.82, 2.24) is 5.32 Å². The van der Waals surface area contributed by atoms with Gasteiger partial charge in [0.05, 0.1) is 5.84 Å². The zero-order valence-electron chi connectivity index (χ0n) is 11.0. The third-order valence-electron chi connectivity index (χ3n) is 3.11. The van der Waals surface area contributed by atoms with Crippen LogP contribution in [0.3, 0.4) is 0 Å². The molecule has 0 unspecified atom stereocenters. The van der Waals surface area contributed by atoms with Crippen LogP contribution < -0.4 is 11.1 Å². The maximum atomic E-state index is 11.4. The zero-order valence-corrected chi connectivity index (χ0v) is 11.0. The molecular formula is C13H25N3O. The van der Waals surface area contributed by atoms with E-state index in [2.05, 4.69) is 10.3 Å². The van der Waals surface area contributed by atoms with Crippen LogP contribution in [-0.2, 0) is 4.79 Å². The molecule has 0 bridgehead atoms. The molecule has 0 radical (unpaired) electrons. The number of amidine groups is 1. The van der Waals surface area contributed by atoms with Crippen LogP contribution in [-0.4, -0.2) is 24.3 Å². The maximum Gasteiger partial charge on any atom is 0.222 e. The topological polar surface area (TPSA) is 67.5 Å². The number of hydrogen-bond acceptors (Lipinski definition) is 2. The van der Waals surface area contributed by atoms with Crippen LogP contribution in [0, 0.1) is 5.92 Å². The SMILES string of the molecule is CC(C)NC(=O)CCN=C(N)C1CCCCC1. The van der Waals surface area contributed by atoms with Gasteiger partial charge in [-0.3, -0.25) is 9.79 Å². The van der Waals surface area contributed by atoms with Crippen molar-refractivity contribution in [3.63, 3.8) is 0 Å². The quantitative estimate of drug-likeness (QED) is 0.568. The average Bonchev–Trinajstić information content (AvgIpc) is 2.29. The van der Waals surface area contributed by atoms with Crippen molar-refractivity contribution >= 4 is 11.7 Å². The van der Waals surface area contributed by atoms with Crippen molar-refractivity contribution in [2.24, 2.45) is 16.6 Å². The number of nitrogens with one attached hydrogen (secondary N) is 1. The van der Waals surface area contributed by atoms with Crippen LogP contribution in [0.4, 0.5) is 0 Å². The summed E-state index contributed by atoms with van der Waals surface area (Å²) >= 11 is 0. The molecular weight excluding hydrogens is 214 g/mol. The summed E-state index contributed by atoms with van der Waals surface area (Å²) in [6.07, 6.45) is 6.59. The number of nitrogens with two attached hydrogens (primary N) is 1. The van der Waals surface area contributed by atoms with E-state index >= 15 is 0 Å². The molecule has 1 aliphatic rings. The van der Waals surface area contributed by atoms with E-state index in [0.29, 0.717) is 18.9 Å². The second-order valence-corrected chi connectivity index (χ2v) is 5.11. The molecule has 1 rings (SSSR count). The van der Waals surface area contributed by atoms with Gasteiger partial charge in [-0.15, -0.1) is 0 Å². The predicted octanol–water partition coefficient (Wildman–Crippen LogP) is 1.84. The highest BCUT2D eigenvalue weighted by Crippen LogP contribution is 2.23. The third-order valence-corrected chi connectivity index (χ3v) is 3.11. The molecule has 0 heterocycles. The molecule has 3 N–H and O–H groups in total. The molecule has 17 heavy (non-hydrogen) atoms. The van der Waals surface area contributed by atoms with E-state index in [4.69, 9.17) is 5.73 Å². The van der Waals surface area contributed by atoms with Crippen LogP contribution in [0.2, 0.25) is 0 Å². The van der Waals surface area contributed by atoms with Crippen molar-refractivity contribution in [2.45, 2.75) is 58.4 Å².